The minimum Gasteiger partial charge on any atom is -0.337 e. The van der Waals surface area contributed by atoms with Crippen LogP contribution in [-0.2, 0) is 20.0 Å². The molecule has 0 saturated heterocycles. The minimum absolute atomic E-state index is 0.109. The Balaban J connectivity index is 1.37. The van der Waals surface area contributed by atoms with E-state index in [9.17, 15) is 26.4 Å². The van der Waals surface area contributed by atoms with Gasteiger partial charge >= 0.3 is 12.1 Å². The normalized spacial score (nSPS) is 18.2. The molecule has 10 nitrogen and oxygen atoms in total. The van der Waals surface area contributed by atoms with Gasteiger partial charge in [0.15, 0.2) is 0 Å². The number of halogens is 2. The second kappa shape index (κ2) is 12.1. The van der Waals surface area contributed by atoms with Crippen molar-refractivity contribution in [1.82, 2.24) is 20.1 Å². The van der Waals surface area contributed by atoms with Crippen molar-refractivity contribution in [2.24, 2.45) is 11.8 Å². The molecule has 14 heteroatoms. The summed E-state index contributed by atoms with van der Waals surface area (Å²) in [5.74, 6) is 0.302. The molecule has 1 aliphatic rings. The molecule has 3 rings (SSSR count). The van der Waals surface area contributed by atoms with Gasteiger partial charge in [0, 0.05) is 23.1 Å². The van der Waals surface area contributed by atoms with Crippen LogP contribution in [0.4, 0.5) is 9.59 Å². The van der Waals surface area contributed by atoms with Crippen LogP contribution >= 0.6 is 23.2 Å². The quantitative estimate of drug-likeness (QED) is 0.377. The van der Waals surface area contributed by atoms with E-state index >= 15 is 0 Å². The molecule has 1 aliphatic carbocycles. The summed E-state index contributed by atoms with van der Waals surface area (Å²) in [6, 6.07) is 9.54. The Kier molecular flexibility index (Phi) is 9.45. The van der Waals surface area contributed by atoms with Crippen molar-refractivity contribution < 1.29 is 26.4 Å². The Morgan fingerprint density at radius 3 is 1.39 bits per heavy atom. The van der Waals surface area contributed by atoms with Crippen molar-refractivity contribution in [1.29, 1.82) is 0 Å². The predicted molar refractivity (Wildman–Crippen MR) is 136 cm³/mol. The van der Waals surface area contributed by atoms with Crippen LogP contribution < -0.4 is 20.1 Å². The van der Waals surface area contributed by atoms with Gasteiger partial charge in [0.1, 0.15) is 0 Å². The van der Waals surface area contributed by atoms with Crippen LogP contribution in [0.25, 0.3) is 0 Å². The number of carbonyl (C=O) groups excluding carboxylic acids is 2. The number of sulfonamides is 2. The third kappa shape index (κ3) is 8.26. The minimum atomic E-state index is -4.03. The second-order valence-corrected chi connectivity index (χ2v) is 12.7. The number of hydrogen-bond donors (Lipinski definition) is 4. The van der Waals surface area contributed by atoms with E-state index in [1.807, 2.05) is 9.44 Å². The van der Waals surface area contributed by atoms with E-state index in [4.69, 9.17) is 23.2 Å². The number of amides is 4. The number of urea groups is 2. The molecule has 4 N–H and O–H groups in total. The summed E-state index contributed by atoms with van der Waals surface area (Å²) in [5.41, 5.74) is 0. The van der Waals surface area contributed by atoms with Gasteiger partial charge in [0.2, 0.25) is 0 Å². The third-order valence-electron chi connectivity index (χ3n) is 5.74. The van der Waals surface area contributed by atoms with E-state index in [1.54, 1.807) is 0 Å². The molecule has 0 aliphatic heterocycles. The van der Waals surface area contributed by atoms with E-state index in [0.717, 1.165) is 25.7 Å². The highest BCUT2D eigenvalue weighted by atomic mass is 35.5. The molecule has 0 atom stereocenters. The van der Waals surface area contributed by atoms with Gasteiger partial charge < -0.3 is 10.6 Å². The second-order valence-electron chi connectivity index (χ2n) is 8.43. The number of hydrogen-bond acceptors (Lipinski definition) is 6. The number of rotatable bonds is 8. The first-order valence-corrected chi connectivity index (χ1v) is 14.8. The van der Waals surface area contributed by atoms with Crippen LogP contribution in [0, 0.1) is 11.8 Å². The average molecular weight is 578 g/mol. The zero-order chi connectivity index (χ0) is 26.3. The van der Waals surface area contributed by atoms with Gasteiger partial charge in [-0.1, -0.05) is 35.3 Å². The van der Waals surface area contributed by atoms with Crippen LogP contribution in [0.3, 0.4) is 0 Å². The monoisotopic (exact) mass is 576 g/mol. The first-order valence-electron chi connectivity index (χ1n) is 11.1. The van der Waals surface area contributed by atoms with Crippen LogP contribution in [-0.4, -0.2) is 42.0 Å². The maximum atomic E-state index is 12.3. The van der Waals surface area contributed by atoms with Crippen molar-refractivity contribution >= 4 is 55.3 Å². The molecule has 196 valence electrons. The molecule has 0 aromatic heterocycles. The number of benzene rings is 2. The van der Waals surface area contributed by atoms with Crippen molar-refractivity contribution in [3.05, 3.63) is 58.6 Å². The molecule has 0 radical (unpaired) electrons. The fourth-order valence-corrected chi connectivity index (χ4v) is 6.27. The molecule has 0 unspecified atom stereocenters. The summed E-state index contributed by atoms with van der Waals surface area (Å²) in [5, 5.41) is 5.65. The lowest BCUT2D eigenvalue weighted by Crippen LogP contribution is -2.43. The van der Waals surface area contributed by atoms with Crippen molar-refractivity contribution in [2.45, 2.75) is 35.5 Å². The van der Waals surface area contributed by atoms with Crippen LogP contribution in [0.15, 0.2) is 58.3 Å². The van der Waals surface area contributed by atoms with Gasteiger partial charge in [-0.2, -0.15) is 0 Å². The predicted octanol–water partition coefficient (Wildman–Crippen LogP) is 3.48. The van der Waals surface area contributed by atoms with Crippen molar-refractivity contribution in [2.75, 3.05) is 13.1 Å². The van der Waals surface area contributed by atoms with Gasteiger partial charge in [-0.05, 0) is 73.9 Å². The van der Waals surface area contributed by atoms with Gasteiger partial charge in [-0.3, -0.25) is 0 Å². The molecule has 0 heterocycles. The Hall–Kier alpha value is -2.54. The SMILES string of the molecule is O=C(NCC1CCC(CNC(=O)NS(=O)(=O)c2cccc(Cl)c2)CC1)NS(=O)(=O)c1cccc(Cl)c1. The van der Waals surface area contributed by atoms with Gasteiger partial charge in [0.05, 0.1) is 9.79 Å². The number of carbonyl (C=O) groups is 2. The van der Waals surface area contributed by atoms with E-state index in [1.165, 1.54) is 48.5 Å². The molecule has 4 amide bonds. The topological polar surface area (TPSA) is 151 Å². The molecule has 0 bridgehead atoms. The Morgan fingerprint density at radius 2 is 1.06 bits per heavy atom. The largest absolute Gasteiger partial charge is 0.337 e. The highest BCUT2D eigenvalue weighted by Gasteiger charge is 2.24. The zero-order valence-corrected chi connectivity index (χ0v) is 22.2. The summed E-state index contributed by atoms with van der Waals surface area (Å²) in [6.07, 6.45) is 3.04. The zero-order valence-electron chi connectivity index (χ0n) is 19.0. The van der Waals surface area contributed by atoms with Crippen molar-refractivity contribution in [3.63, 3.8) is 0 Å². The van der Waals surface area contributed by atoms with E-state index in [0.29, 0.717) is 13.1 Å². The molecule has 1 saturated carbocycles. The number of nitrogens with one attached hydrogen (secondary N) is 4. The smallest absolute Gasteiger partial charge is 0.328 e. The summed E-state index contributed by atoms with van der Waals surface area (Å²) >= 11 is 11.6. The summed E-state index contributed by atoms with van der Waals surface area (Å²) < 4.78 is 53.1. The molecular weight excluding hydrogens is 551 g/mol. The third-order valence-corrected chi connectivity index (χ3v) is 8.86. The van der Waals surface area contributed by atoms with E-state index in [-0.39, 0.29) is 31.7 Å². The standard InChI is InChI=1S/C22H26Cl2N4O6S2/c23-17-3-1-5-19(11-17)35(31,32)27-21(29)25-13-15-7-9-16(10-8-15)14-26-22(30)28-36(33,34)20-6-2-4-18(24)12-20/h1-6,11-12,15-16H,7-10,13-14H2,(H2,25,27,29)(H2,26,28,30). The van der Waals surface area contributed by atoms with E-state index in [2.05, 4.69) is 10.6 Å². The summed E-state index contributed by atoms with van der Waals surface area (Å²) in [4.78, 5) is 24.0. The lowest BCUT2D eigenvalue weighted by atomic mass is 9.82. The average Bonchev–Trinajstić information content (AvgIpc) is 2.81. The highest BCUT2D eigenvalue weighted by molar-refractivity contribution is 7.90. The van der Waals surface area contributed by atoms with Crippen LogP contribution in [0.5, 0.6) is 0 Å². The Labute approximate surface area is 220 Å². The first kappa shape index (κ1) is 28.0. The lowest BCUT2D eigenvalue weighted by Gasteiger charge is -2.28. The molecule has 36 heavy (non-hydrogen) atoms. The Morgan fingerprint density at radius 1 is 0.694 bits per heavy atom. The molecule has 2 aromatic rings. The lowest BCUT2D eigenvalue weighted by molar-refractivity contribution is 0.228. The van der Waals surface area contributed by atoms with Gasteiger partial charge in [-0.25, -0.2) is 35.9 Å². The Bertz CT molecular complexity index is 1210. The van der Waals surface area contributed by atoms with Crippen LogP contribution in [0.2, 0.25) is 10.0 Å². The highest BCUT2D eigenvalue weighted by Crippen LogP contribution is 2.28. The first-order chi connectivity index (χ1) is 16.9. The maximum absolute atomic E-state index is 12.3. The van der Waals surface area contributed by atoms with Crippen LogP contribution in [0.1, 0.15) is 25.7 Å². The molecule has 0 spiro atoms. The van der Waals surface area contributed by atoms with E-state index < -0.39 is 32.1 Å². The van der Waals surface area contributed by atoms with Crippen molar-refractivity contribution in [3.8, 4) is 0 Å². The fraction of sp³-hybridized carbons (Fsp3) is 0.364. The maximum Gasteiger partial charge on any atom is 0.328 e. The summed E-state index contributed by atoms with van der Waals surface area (Å²) in [6.45, 7) is 0.602. The summed E-state index contributed by atoms with van der Waals surface area (Å²) in [7, 11) is -8.07. The molecule has 2 aromatic carbocycles. The van der Waals surface area contributed by atoms with Gasteiger partial charge in [0.25, 0.3) is 20.0 Å². The molecule has 1 fully saturated rings. The molecular formula is C22H26Cl2N4O6S2. The van der Waals surface area contributed by atoms with Gasteiger partial charge in [-0.15, -0.1) is 0 Å². The fourth-order valence-electron chi connectivity index (χ4n) is 3.82.